The van der Waals surface area contributed by atoms with Crippen molar-refractivity contribution >= 4 is 46.3 Å². The van der Waals surface area contributed by atoms with Crippen LogP contribution in [0.4, 0.5) is 4.79 Å². The number of urea groups is 1. The Morgan fingerprint density at radius 1 is 1.30 bits per heavy atom. The van der Waals surface area contributed by atoms with Gasteiger partial charge in [0.25, 0.3) is 17.4 Å². The first kappa shape index (κ1) is 22.4. The molecule has 0 spiro atoms. The maximum Gasteiger partial charge on any atom is 0.344 e. The number of aromatic nitrogens is 2. The number of nitrogens with zero attached hydrogens (tertiary/aromatic N) is 3. The van der Waals surface area contributed by atoms with Gasteiger partial charge in [-0.1, -0.05) is 19.1 Å². The normalized spacial score (nSPS) is 19.0. The highest BCUT2D eigenvalue weighted by Gasteiger charge is 2.47. The zero-order valence-corrected chi connectivity index (χ0v) is 19.1. The number of benzene rings is 1. The highest BCUT2D eigenvalue weighted by Crippen LogP contribution is 2.25. The molecular formula is C22H22N6O4S. The zero-order valence-electron chi connectivity index (χ0n) is 18.3. The zero-order chi connectivity index (χ0) is 23.9. The van der Waals surface area contributed by atoms with Crippen LogP contribution in [0.5, 0.6) is 0 Å². The third-order valence-corrected chi connectivity index (χ3v) is 7.05. The number of nitriles is 1. The van der Waals surface area contributed by atoms with Crippen LogP contribution in [-0.4, -0.2) is 43.0 Å². The molecule has 4 amide bonds. The first-order chi connectivity index (χ1) is 15.7. The summed E-state index contributed by atoms with van der Waals surface area (Å²) in [4.78, 5) is 53.1. The fourth-order valence-corrected chi connectivity index (χ4v) is 4.54. The van der Waals surface area contributed by atoms with E-state index < -0.39 is 28.6 Å². The van der Waals surface area contributed by atoms with E-state index >= 15 is 0 Å². The van der Waals surface area contributed by atoms with Gasteiger partial charge in [-0.3, -0.25) is 24.2 Å². The molecule has 2 aromatic heterocycles. The average molecular weight is 467 g/mol. The molecule has 10 nitrogen and oxygen atoms in total. The molecule has 3 aromatic rings. The summed E-state index contributed by atoms with van der Waals surface area (Å²) in [6, 6.07) is 10.1. The lowest BCUT2D eigenvalue weighted by molar-refractivity contribution is -0.138. The number of hydrogen-bond acceptors (Lipinski definition) is 6. The molecule has 11 heteroatoms. The van der Waals surface area contributed by atoms with Crippen molar-refractivity contribution in [3.63, 3.8) is 0 Å². The van der Waals surface area contributed by atoms with Gasteiger partial charge in [0.2, 0.25) is 0 Å². The van der Waals surface area contributed by atoms with E-state index in [1.807, 2.05) is 18.2 Å². The van der Waals surface area contributed by atoms with E-state index in [-0.39, 0.29) is 11.3 Å². The topological polar surface area (TPSA) is 140 Å². The van der Waals surface area contributed by atoms with Gasteiger partial charge < -0.3 is 10.3 Å². The quantitative estimate of drug-likeness (QED) is 0.475. The smallest absolute Gasteiger partial charge is 0.338 e. The Balaban J connectivity index is 1.53. The summed E-state index contributed by atoms with van der Waals surface area (Å²) in [7, 11) is 0. The lowest BCUT2D eigenvalue weighted by atomic mass is 10.00. The number of hydrogen-bond donors (Lipinski definition) is 3. The molecule has 1 aliphatic heterocycles. The molecule has 1 saturated heterocycles. The minimum absolute atomic E-state index is 0.214. The standard InChI is InChI=1S/C22H22N6O4S/c1-4-22(3)20(31)28(21(32)25-22)26-19(30)12(2)33-11-13-9-17(29)27-16-8-6-5-7-15(16)24-18(27)14(13)10-23/h5-9,12,24H,4,11H2,1-3H3,(H,25,32)(H,26,30). The second-order valence-corrected chi connectivity index (χ2v) is 9.34. The minimum Gasteiger partial charge on any atom is -0.338 e. The number of thioether (sulfide) groups is 1. The van der Waals surface area contributed by atoms with Gasteiger partial charge in [-0.05, 0) is 38.0 Å². The summed E-state index contributed by atoms with van der Waals surface area (Å²) in [6.07, 6.45) is 0.386. The number of hydrazine groups is 1. The lowest BCUT2D eigenvalue weighted by Crippen LogP contribution is -2.50. The van der Waals surface area contributed by atoms with Crippen molar-refractivity contribution in [2.24, 2.45) is 0 Å². The molecule has 0 radical (unpaired) electrons. The van der Waals surface area contributed by atoms with Crippen molar-refractivity contribution < 1.29 is 14.4 Å². The minimum atomic E-state index is -1.06. The number of imidazole rings is 1. The van der Waals surface area contributed by atoms with E-state index in [1.165, 1.54) is 22.2 Å². The fraction of sp³-hybridized carbons (Fsp3) is 0.318. The molecular weight excluding hydrogens is 444 g/mol. The van der Waals surface area contributed by atoms with E-state index in [2.05, 4.69) is 21.8 Å². The number of nitrogens with one attached hydrogen (secondary N) is 3. The van der Waals surface area contributed by atoms with E-state index in [0.29, 0.717) is 33.7 Å². The number of para-hydroxylation sites is 2. The maximum absolute atomic E-state index is 12.8. The second kappa shape index (κ2) is 8.29. The van der Waals surface area contributed by atoms with Crippen LogP contribution in [0.15, 0.2) is 35.1 Å². The fourth-order valence-electron chi connectivity index (χ4n) is 3.67. The number of imide groups is 1. The third kappa shape index (κ3) is 3.72. The highest BCUT2D eigenvalue weighted by atomic mass is 32.2. The molecule has 1 fully saturated rings. The van der Waals surface area contributed by atoms with Gasteiger partial charge in [0, 0.05) is 11.8 Å². The van der Waals surface area contributed by atoms with Crippen LogP contribution in [0.25, 0.3) is 16.7 Å². The molecule has 33 heavy (non-hydrogen) atoms. The summed E-state index contributed by atoms with van der Waals surface area (Å²) >= 11 is 1.19. The van der Waals surface area contributed by atoms with E-state index in [4.69, 9.17) is 0 Å². The van der Waals surface area contributed by atoms with Crippen LogP contribution in [-0.2, 0) is 15.3 Å². The Labute approximate surface area is 192 Å². The summed E-state index contributed by atoms with van der Waals surface area (Å²) in [6.45, 7) is 4.98. The summed E-state index contributed by atoms with van der Waals surface area (Å²) < 4.78 is 1.46. The molecule has 170 valence electrons. The largest absolute Gasteiger partial charge is 0.344 e. The number of carbonyl (C=O) groups is 3. The number of rotatable bonds is 6. The van der Waals surface area contributed by atoms with Gasteiger partial charge >= 0.3 is 6.03 Å². The van der Waals surface area contributed by atoms with Gasteiger partial charge in [-0.25, -0.2) is 4.79 Å². The van der Waals surface area contributed by atoms with Crippen LogP contribution in [0.1, 0.15) is 38.3 Å². The Bertz CT molecular complexity index is 1400. The summed E-state index contributed by atoms with van der Waals surface area (Å²) in [5.74, 6) is -0.846. The molecule has 0 aliphatic carbocycles. The van der Waals surface area contributed by atoms with Crippen molar-refractivity contribution in [3.8, 4) is 6.07 Å². The summed E-state index contributed by atoms with van der Waals surface area (Å²) in [5.41, 5.74) is 3.64. The Kier molecular flexibility index (Phi) is 5.63. The van der Waals surface area contributed by atoms with Gasteiger partial charge in [0.05, 0.1) is 21.8 Å². The van der Waals surface area contributed by atoms with E-state index in [9.17, 15) is 24.4 Å². The van der Waals surface area contributed by atoms with Crippen molar-refractivity contribution in [3.05, 3.63) is 51.8 Å². The van der Waals surface area contributed by atoms with Crippen molar-refractivity contribution in [2.45, 2.75) is 43.7 Å². The van der Waals surface area contributed by atoms with Gasteiger partial charge in [0.1, 0.15) is 17.3 Å². The molecule has 1 aromatic carbocycles. The predicted octanol–water partition coefficient (Wildman–Crippen LogP) is 2.03. The lowest BCUT2D eigenvalue weighted by Gasteiger charge is -2.20. The molecule has 2 unspecified atom stereocenters. The Hall–Kier alpha value is -3.78. The second-order valence-electron chi connectivity index (χ2n) is 8.01. The van der Waals surface area contributed by atoms with Crippen molar-refractivity contribution in [1.82, 2.24) is 25.1 Å². The molecule has 0 saturated carbocycles. The molecule has 3 heterocycles. The number of pyridine rings is 1. The molecule has 3 N–H and O–H groups in total. The van der Waals surface area contributed by atoms with Crippen LogP contribution in [0.2, 0.25) is 0 Å². The number of carbonyl (C=O) groups excluding carboxylic acids is 3. The Morgan fingerprint density at radius 2 is 2.03 bits per heavy atom. The van der Waals surface area contributed by atoms with E-state index in [1.54, 1.807) is 26.8 Å². The number of aromatic amines is 1. The van der Waals surface area contributed by atoms with Gasteiger partial charge in [-0.2, -0.15) is 10.3 Å². The first-order valence-electron chi connectivity index (χ1n) is 10.3. The number of H-pyrrole nitrogens is 1. The average Bonchev–Trinajstić information content (AvgIpc) is 3.29. The number of amides is 4. The molecule has 0 bridgehead atoms. The van der Waals surface area contributed by atoms with Crippen molar-refractivity contribution in [1.29, 1.82) is 5.26 Å². The van der Waals surface area contributed by atoms with Crippen LogP contribution in [0.3, 0.4) is 0 Å². The Morgan fingerprint density at radius 3 is 2.70 bits per heavy atom. The molecule has 4 rings (SSSR count). The number of fused-ring (bicyclic) bond motifs is 3. The maximum atomic E-state index is 12.8. The SMILES string of the molecule is CCC1(C)NC(=O)N(NC(=O)C(C)SCc2cc(=O)n3c([nH]c4ccccc43)c2C#N)C1=O. The predicted molar refractivity (Wildman–Crippen MR) is 123 cm³/mol. The van der Waals surface area contributed by atoms with Crippen LogP contribution in [0, 0.1) is 11.3 Å². The van der Waals surface area contributed by atoms with Crippen molar-refractivity contribution in [2.75, 3.05) is 0 Å². The van der Waals surface area contributed by atoms with Crippen LogP contribution >= 0.6 is 11.8 Å². The van der Waals surface area contributed by atoms with Gasteiger partial charge in [-0.15, -0.1) is 11.8 Å². The highest BCUT2D eigenvalue weighted by molar-refractivity contribution is 7.99. The van der Waals surface area contributed by atoms with E-state index in [0.717, 1.165) is 5.52 Å². The third-order valence-electron chi connectivity index (χ3n) is 5.86. The monoisotopic (exact) mass is 466 g/mol. The molecule has 1 aliphatic rings. The first-order valence-corrected chi connectivity index (χ1v) is 11.4. The summed E-state index contributed by atoms with van der Waals surface area (Å²) in [5, 5.41) is 12.4. The van der Waals surface area contributed by atoms with Gasteiger partial charge in [0.15, 0.2) is 0 Å². The van der Waals surface area contributed by atoms with Crippen LogP contribution < -0.4 is 16.3 Å². The molecule has 2 atom stereocenters.